The largest absolute Gasteiger partial charge is 0.462 e. The van der Waals surface area contributed by atoms with Gasteiger partial charge in [0.05, 0.1) is 24.3 Å². The van der Waals surface area contributed by atoms with Crippen LogP contribution in [0.4, 0.5) is 5.69 Å². The van der Waals surface area contributed by atoms with E-state index in [1.165, 1.54) is 35.6 Å². The van der Waals surface area contributed by atoms with Gasteiger partial charge in [0, 0.05) is 16.6 Å². The Morgan fingerprint density at radius 1 is 1.04 bits per heavy atom. The molecule has 0 saturated carbocycles. The number of benzene rings is 1. The van der Waals surface area contributed by atoms with E-state index < -0.39 is 11.9 Å². The number of carbonyl (C=O) groups excluding carboxylic acids is 3. The van der Waals surface area contributed by atoms with E-state index in [4.69, 9.17) is 9.47 Å². The number of carbonyl (C=O) groups is 3. The lowest BCUT2D eigenvalue weighted by atomic mass is 10.1. The van der Waals surface area contributed by atoms with Crippen LogP contribution in [0.2, 0.25) is 0 Å². The second kappa shape index (κ2) is 9.53. The Kier molecular flexibility index (Phi) is 7.11. The second-order valence-electron chi connectivity index (χ2n) is 5.08. The Morgan fingerprint density at radius 3 is 2.15 bits per heavy atom. The van der Waals surface area contributed by atoms with Crippen molar-refractivity contribution in [1.29, 1.82) is 0 Å². The lowest BCUT2D eigenvalue weighted by molar-refractivity contribution is -0.111. The van der Waals surface area contributed by atoms with E-state index in [2.05, 4.69) is 5.32 Å². The molecule has 26 heavy (non-hydrogen) atoms. The third-order valence-corrected chi connectivity index (χ3v) is 4.00. The number of ether oxygens (including phenoxy) is 2. The number of hydrogen-bond donors (Lipinski definition) is 1. The van der Waals surface area contributed by atoms with Crippen molar-refractivity contribution in [3.05, 3.63) is 57.8 Å². The molecule has 136 valence electrons. The molecule has 1 aromatic heterocycles. The first kappa shape index (κ1) is 19.4. The average molecular weight is 373 g/mol. The second-order valence-corrected chi connectivity index (χ2v) is 6.06. The Balaban J connectivity index is 2.23. The van der Waals surface area contributed by atoms with E-state index in [0.717, 1.165) is 4.88 Å². The standard InChI is InChI=1S/C19H19NO5S/c1-3-24-18(22)13-10-14(19(23)25-4-2)12-15(11-13)20-17(21)8-7-16-6-5-9-26-16/h5-12H,3-4H2,1-2H3,(H,20,21)/b8-7+. The van der Waals surface area contributed by atoms with E-state index in [0.29, 0.717) is 5.69 Å². The average Bonchev–Trinajstić information content (AvgIpc) is 3.13. The first-order chi connectivity index (χ1) is 12.5. The van der Waals surface area contributed by atoms with Crippen LogP contribution in [-0.2, 0) is 14.3 Å². The minimum Gasteiger partial charge on any atom is -0.462 e. The molecule has 2 rings (SSSR count). The van der Waals surface area contributed by atoms with Gasteiger partial charge in [-0.1, -0.05) is 6.07 Å². The van der Waals surface area contributed by atoms with Gasteiger partial charge in [-0.05, 0) is 49.6 Å². The Labute approximate surface area is 155 Å². The Bertz CT molecular complexity index is 775. The van der Waals surface area contributed by atoms with Gasteiger partial charge < -0.3 is 14.8 Å². The predicted octanol–water partition coefficient (Wildman–Crippen LogP) is 3.75. The molecule has 0 unspecified atom stereocenters. The fraction of sp³-hybridized carbons (Fsp3) is 0.211. The van der Waals surface area contributed by atoms with E-state index in [9.17, 15) is 14.4 Å². The van der Waals surface area contributed by atoms with Crippen LogP contribution in [0.3, 0.4) is 0 Å². The van der Waals surface area contributed by atoms with Crippen molar-refractivity contribution in [3.8, 4) is 0 Å². The molecule has 1 aromatic carbocycles. The Hall–Kier alpha value is -2.93. The number of esters is 2. The summed E-state index contributed by atoms with van der Waals surface area (Å²) in [6.45, 7) is 3.78. The summed E-state index contributed by atoms with van der Waals surface area (Å²) >= 11 is 1.51. The molecule has 0 radical (unpaired) electrons. The first-order valence-electron chi connectivity index (χ1n) is 8.05. The van der Waals surface area contributed by atoms with E-state index in [1.807, 2.05) is 17.5 Å². The van der Waals surface area contributed by atoms with Gasteiger partial charge >= 0.3 is 11.9 Å². The van der Waals surface area contributed by atoms with Gasteiger partial charge in [0.25, 0.3) is 0 Å². The van der Waals surface area contributed by atoms with Crippen LogP contribution in [0, 0.1) is 0 Å². The molecule has 6 nitrogen and oxygen atoms in total. The van der Waals surface area contributed by atoms with Crippen molar-refractivity contribution in [2.75, 3.05) is 18.5 Å². The highest BCUT2D eigenvalue weighted by Crippen LogP contribution is 2.18. The number of amides is 1. The van der Waals surface area contributed by atoms with Crippen LogP contribution < -0.4 is 5.32 Å². The maximum atomic E-state index is 12.1. The molecule has 2 aromatic rings. The first-order valence-corrected chi connectivity index (χ1v) is 8.93. The number of thiophene rings is 1. The van der Waals surface area contributed by atoms with Crippen molar-refractivity contribution in [2.45, 2.75) is 13.8 Å². The molecule has 0 saturated heterocycles. The zero-order valence-electron chi connectivity index (χ0n) is 14.5. The highest BCUT2D eigenvalue weighted by Gasteiger charge is 2.15. The van der Waals surface area contributed by atoms with Gasteiger partial charge in [-0.3, -0.25) is 4.79 Å². The molecule has 0 fully saturated rings. The number of anilines is 1. The summed E-state index contributed by atoms with van der Waals surface area (Å²) in [5.41, 5.74) is 0.629. The molecule has 0 aliphatic rings. The minimum atomic E-state index is -0.580. The summed E-state index contributed by atoms with van der Waals surface area (Å²) in [6.07, 6.45) is 3.06. The molecule has 0 aliphatic carbocycles. The molecule has 1 N–H and O–H groups in total. The van der Waals surface area contributed by atoms with Crippen LogP contribution in [-0.4, -0.2) is 31.1 Å². The smallest absolute Gasteiger partial charge is 0.338 e. The fourth-order valence-electron chi connectivity index (χ4n) is 2.09. The van der Waals surface area contributed by atoms with Crippen LogP contribution >= 0.6 is 11.3 Å². The van der Waals surface area contributed by atoms with Gasteiger partial charge in [-0.25, -0.2) is 9.59 Å². The molecular formula is C19H19NO5S. The predicted molar refractivity (Wildman–Crippen MR) is 100 cm³/mol. The highest BCUT2D eigenvalue weighted by molar-refractivity contribution is 7.10. The van der Waals surface area contributed by atoms with Gasteiger partial charge in [-0.15, -0.1) is 11.3 Å². The highest BCUT2D eigenvalue weighted by atomic mass is 32.1. The third kappa shape index (κ3) is 5.56. The summed E-state index contributed by atoms with van der Waals surface area (Å²) < 4.78 is 9.93. The SMILES string of the molecule is CCOC(=O)c1cc(NC(=O)/C=C/c2cccs2)cc(C(=O)OCC)c1. The lowest BCUT2D eigenvalue weighted by Crippen LogP contribution is -2.13. The van der Waals surface area contributed by atoms with E-state index in [-0.39, 0.29) is 30.2 Å². The normalized spacial score (nSPS) is 10.5. The summed E-state index contributed by atoms with van der Waals surface area (Å²) in [5, 5.41) is 4.55. The molecule has 7 heteroatoms. The molecule has 1 amide bonds. The van der Waals surface area contributed by atoms with Crippen LogP contribution in [0.25, 0.3) is 6.08 Å². The molecule has 0 bridgehead atoms. The van der Waals surface area contributed by atoms with Crippen molar-refractivity contribution in [2.24, 2.45) is 0 Å². The maximum absolute atomic E-state index is 12.1. The van der Waals surface area contributed by atoms with Gasteiger partial charge in [0.15, 0.2) is 0 Å². The maximum Gasteiger partial charge on any atom is 0.338 e. The van der Waals surface area contributed by atoms with Crippen LogP contribution in [0.15, 0.2) is 41.8 Å². The zero-order chi connectivity index (χ0) is 18.9. The lowest BCUT2D eigenvalue weighted by Gasteiger charge is -2.09. The molecule has 0 atom stereocenters. The monoisotopic (exact) mass is 373 g/mol. The van der Waals surface area contributed by atoms with Crippen molar-refractivity contribution in [1.82, 2.24) is 0 Å². The molecule has 0 aliphatic heterocycles. The minimum absolute atomic E-state index is 0.162. The van der Waals surface area contributed by atoms with E-state index in [1.54, 1.807) is 19.9 Å². The molecule has 0 spiro atoms. The quantitative estimate of drug-likeness (QED) is 0.590. The number of nitrogens with one attached hydrogen (secondary N) is 1. The number of hydrogen-bond acceptors (Lipinski definition) is 6. The molecule has 1 heterocycles. The van der Waals surface area contributed by atoms with Gasteiger partial charge in [0.2, 0.25) is 5.91 Å². The van der Waals surface area contributed by atoms with Gasteiger partial charge in [-0.2, -0.15) is 0 Å². The fourth-order valence-corrected chi connectivity index (χ4v) is 2.71. The Morgan fingerprint density at radius 2 is 1.65 bits per heavy atom. The van der Waals surface area contributed by atoms with Crippen molar-refractivity contribution in [3.63, 3.8) is 0 Å². The van der Waals surface area contributed by atoms with Crippen molar-refractivity contribution < 1.29 is 23.9 Å². The topological polar surface area (TPSA) is 81.7 Å². The van der Waals surface area contributed by atoms with Crippen LogP contribution in [0.5, 0.6) is 0 Å². The van der Waals surface area contributed by atoms with Gasteiger partial charge in [0.1, 0.15) is 0 Å². The molecular weight excluding hydrogens is 354 g/mol. The van der Waals surface area contributed by atoms with Crippen LogP contribution in [0.1, 0.15) is 39.4 Å². The summed E-state index contributed by atoms with van der Waals surface area (Å²) in [6, 6.07) is 8.06. The summed E-state index contributed by atoms with van der Waals surface area (Å²) in [7, 11) is 0. The number of rotatable bonds is 7. The van der Waals surface area contributed by atoms with Crippen molar-refractivity contribution >= 4 is 40.9 Å². The zero-order valence-corrected chi connectivity index (χ0v) is 15.3. The van der Waals surface area contributed by atoms with E-state index >= 15 is 0 Å². The summed E-state index contributed by atoms with van der Waals surface area (Å²) in [5.74, 6) is -1.54. The third-order valence-electron chi connectivity index (χ3n) is 3.16. The summed E-state index contributed by atoms with van der Waals surface area (Å²) in [4.78, 5) is 37.0.